The quantitative estimate of drug-likeness (QED) is 0.444. The molecule has 0 N–H and O–H groups in total. The van der Waals surface area contributed by atoms with Crippen molar-refractivity contribution in [2.45, 2.75) is 44.9 Å². The first-order valence-corrected chi connectivity index (χ1v) is 9.71. The Morgan fingerprint density at radius 3 is 2.62 bits per heavy atom. The summed E-state index contributed by atoms with van der Waals surface area (Å²) in [5.41, 5.74) is 2.82. The lowest BCUT2D eigenvalue weighted by Gasteiger charge is -2.25. The number of carbonyl (C=O) groups excluding carboxylic acids is 4. The molecule has 1 heterocycles. The lowest BCUT2D eigenvalue weighted by molar-refractivity contribution is -0.128. The van der Waals surface area contributed by atoms with Gasteiger partial charge in [0.05, 0.1) is 19.0 Å². The molecule has 0 unspecified atom stereocenters. The summed E-state index contributed by atoms with van der Waals surface area (Å²) in [6, 6.07) is 11.9. The monoisotopic (exact) mass is 391 g/mol. The van der Waals surface area contributed by atoms with Crippen LogP contribution >= 0.6 is 0 Å². The molecule has 4 rings (SSSR count). The molecule has 2 aliphatic rings. The fraction of sp³-hybridized carbons (Fsp3) is 0.304. The molecule has 0 bridgehead atoms. The molecule has 1 aliphatic carbocycles. The van der Waals surface area contributed by atoms with Gasteiger partial charge in [-0.1, -0.05) is 30.3 Å². The Labute approximate surface area is 168 Å². The van der Waals surface area contributed by atoms with Crippen LogP contribution in [0.3, 0.4) is 0 Å². The van der Waals surface area contributed by atoms with Crippen molar-refractivity contribution in [2.75, 3.05) is 0 Å². The molecule has 1 amide bonds. The van der Waals surface area contributed by atoms with Crippen molar-refractivity contribution in [1.82, 2.24) is 4.90 Å². The Morgan fingerprint density at radius 2 is 1.86 bits per heavy atom. The van der Waals surface area contributed by atoms with E-state index in [-0.39, 0.29) is 23.9 Å². The molecule has 148 valence electrons. The first-order chi connectivity index (χ1) is 14.1. The standard InChI is InChI=1S/C23H21NO5/c25-13-15-7-9-16(10-8-15)14-29-22-6-2-4-18-19(22)12-24(23(18)28)20-5-1-3-17(26)11-21(20)27/h2,4,6-10,13,20H,1,3,5,11-12,14H2/t20-/m0/s1. The number of ether oxygens (including phenoxy) is 1. The van der Waals surface area contributed by atoms with E-state index in [1.54, 1.807) is 29.2 Å². The maximum Gasteiger partial charge on any atom is 0.255 e. The minimum Gasteiger partial charge on any atom is -0.489 e. The van der Waals surface area contributed by atoms with E-state index < -0.39 is 6.04 Å². The average Bonchev–Trinajstić information content (AvgIpc) is 2.96. The zero-order valence-electron chi connectivity index (χ0n) is 15.9. The number of benzene rings is 2. The fourth-order valence-corrected chi connectivity index (χ4v) is 3.95. The van der Waals surface area contributed by atoms with Gasteiger partial charge < -0.3 is 9.64 Å². The predicted molar refractivity (Wildman–Crippen MR) is 105 cm³/mol. The largest absolute Gasteiger partial charge is 0.489 e. The molecule has 1 saturated carbocycles. The van der Waals surface area contributed by atoms with Gasteiger partial charge in [0.15, 0.2) is 5.78 Å². The third-order valence-electron chi connectivity index (χ3n) is 5.52. The number of Topliss-reactive ketones (excluding diaryl/α,β-unsaturated/α-hetero) is 2. The second-order valence-electron chi connectivity index (χ2n) is 7.45. The van der Waals surface area contributed by atoms with E-state index in [2.05, 4.69) is 0 Å². The SMILES string of the molecule is O=Cc1ccc(COc2cccc3c2CN([C@H]2CCCC(=O)CC2=O)C3=O)cc1. The predicted octanol–water partition coefficient (Wildman–Crippen LogP) is 3.11. The molecule has 1 atom stereocenters. The van der Waals surface area contributed by atoms with E-state index in [1.165, 1.54) is 0 Å². The zero-order valence-corrected chi connectivity index (χ0v) is 15.9. The van der Waals surface area contributed by atoms with E-state index in [0.717, 1.165) is 17.4 Å². The summed E-state index contributed by atoms with van der Waals surface area (Å²) in [7, 11) is 0. The van der Waals surface area contributed by atoms with Gasteiger partial charge in [0.2, 0.25) is 0 Å². The second-order valence-corrected chi connectivity index (χ2v) is 7.45. The van der Waals surface area contributed by atoms with Crippen LogP contribution in [0.25, 0.3) is 0 Å². The fourth-order valence-electron chi connectivity index (χ4n) is 3.95. The Kier molecular flexibility index (Phi) is 5.25. The summed E-state index contributed by atoms with van der Waals surface area (Å²) in [4.78, 5) is 49.5. The number of aldehydes is 1. The number of ketones is 2. The van der Waals surface area contributed by atoms with Gasteiger partial charge >= 0.3 is 0 Å². The lowest BCUT2D eigenvalue weighted by atomic mass is 10.1. The first-order valence-electron chi connectivity index (χ1n) is 9.71. The molecular formula is C23H21NO5. The highest BCUT2D eigenvalue weighted by atomic mass is 16.5. The summed E-state index contributed by atoms with van der Waals surface area (Å²) in [5, 5.41) is 0. The van der Waals surface area contributed by atoms with Crippen LogP contribution < -0.4 is 4.74 Å². The van der Waals surface area contributed by atoms with Crippen molar-refractivity contribution >= 4 is 23.8 Å². The van der Waals surface area contributed by atoms with E-state index in [1.807, 2.05) is 18.2 Å². The number of nitrogens with zero attached hydrogens (tertiary/aromatic N) is 1. The van der Waals surface area contributed by atoms with E-state index >= 15 is 0 Å². The molecule has 2 aromatic rings. The van der Waals surface area contributed by atoms with Crippen molar-refractivity contribution in [1.29, 1.82) is 0 Å². The molecule has 6 nitrogen and oxygen atoms in total. The maximum absolute atomic E-state index is 12.9. The molecular weight excluding hydrogens is 370 g/mol. The van der Waals surface area contributed by atoms with Crippen LogP contribution in [0.1, 0.15) is 57.5 Å². The van der Waals surface area contributed by atoms with Crippen LogP contribution in [0.5, 0.6) is 5.75 Å². The normalized spacial score (nSPS) is 19.1. The minimum atomic E-state index is -0.551. The van der Waals surface area contributed by atoms with Gasteiger partial charge in [-0.2, -0.15) is 0 Å². The third-order valence-corrected chi connectivity index (χ3v) is 5.52. The topological polar surface area (TPSA) is 80.8 Å². The number of amides is 1. The molecule has 0 radical (unpaired) electrons. The van der Waals surface area contributed by atoms with Gasteiger partial charge in [0.1, 0.15) is 24.4 Å². The summed E-state index contributed by atoms with van der Waals surface area (Å²) in [6.07, 6.45) is 2.23. The van der Waals surface area contributed by atoms with Crippen LogP contribution in [0.2, 0.25) is 0 Å². The van der Waals surface area contributed by atoms with E-state index in [4.69, 9.17) is 4.74 Å². The van der Waals surface area contributed by atoms with Crippen molar-refractivity contribution in [2.24, 2.45) is 0 Å². The second kappa shape index (κ2) is 7.99. The van der Waals surface area contributed by atoms with Gasteiger partial charge in [-0.3, -0.25) is 19.2 Å². The smallest absolute Gasteiger partial charge is 0.255 e. The highest BCUT2D eigenvalue weighted by Crippen LogP contribution is 2.34. The van der Waals surface area contributed by atoms with E-state index in [0.29, 0.717) is 49.3 Å². The molecule has 0 saturated heterocycles. The van der Waals surface area contributed by atoms with Crippen LogP contribution in [-0.2, 0) is 22.7 Å². The molecule has 0 aromatic heterocycles. The van der Waals surface area contributed by atoms with Gasteiger partial charge in [-0.25, -0.2) is 0 Å². The lowest BCUT2D eigenvalue weighted by Crippen LogP contribution is -2.41. The van der Waals surface area contributed by atoms with Crippen molar-refractivity contribution < 1.29 is 23.9 Å². The highest BCUT2D eigenvalue weighted by molar-refractivity contribution is 6.06. The van der Waals surface area contributed by atoms with Crippen LogP contribution in [0, 0.1) is 0 Å². The maximum atomic E-state index is 12.9. The molecule has 2 aromatic carbocycles. The third kappa shape index (κ3) is 3.83. The highest BCUT2D eigenvalue weighted by Gasteiger charge is 2.38. The average molecular weight is 391 g/mol. The summed E-state index contributed by atoms with van der Waals surface area (Å²) >= 11 is 0. The molecule has 1 aliphatic heterocycles. The molecule has 0 spiro atoms. The van der Waals surface area contributed by atoms with E-state index in [9.17, 15) is 19.2 Å². The van der Waals surface area contributed by atoms with Crippen molar-refractivity contribution in [3.8, 4) is 5.75 Å². The first kappa shape index (κ1) is 19.1. The summed E-state index contributed by atoms with van der Waals surface area (Å²) < 4.78 is 5.95. The van der Waals surface area contributed by atoms with Crippen LogP contribution in [-0.4, -0.2) is 34.7 Å². The molecule has 29 heavy (non-hydrogen) atoms. The minimum absolute atomic E-state index is 0.0497. The Bertz CT molecular complexity index is 979. The van der Waals surface area contributed by atoms with Gasteiger partial charge in [-0.15, -0.1) is 0 Å². The number of carbonyl (C=O) groups is 4. The van der Waals surface area contributed by atoms with Gasteiger partial charge in [-0.05, 0) is 30.5 Å². The van der Waals surface area contributed by atoms with Gasteiger partial charge in [0.25, 0.3) is 5.91 Å². The number of rotatable bonds is 5. The number of fused-ring (bicyclic) bond motifs is 1. The Hall–Kier alpha value is -3.28. The van der Waals surface area contributed by atoms with Crippen molar-refractivity contribution in [3.63, 3.8) is 0 Å². The Morgan fingerprint density at radius 1 is 1.07 bits per heavy atom. The summed E-state index contributed by atoms with van der Waals surface area (Å²) in [6.45, 7) is 0.611. The number of hydrogen-bond acceptors (Lipinski definition) is 5. The van der Waals surface area contributed by atoms with Gasteiger partial charge in [0, 0.05) is 23.1 Å². The Balaban J connectivity index is 1.52. The van der Waals surface area contributed by atoms with Crippen LogP contribution in [0.4, 0.5) is 0 Å². The van der Waals surface area contributed by atoms with Crippen molar-refractivity contribution in [3.05, 3.63) is 64.7 Å². The number of hydrogen-bond donors (Lipinski definition) is 0. The zero-order chi connectivity index (χ0) is 20.4. The van der Waals surface area contributed by atoms with Crippen LogP contribution in [0.15, 0.2) is 42.5 Å². The molecule has 1 fully saturated rings. The summed E-state index contributed by atoms with van der Waals surface area (Å²) in [5.74, 6) is 0.195. The molecule has 6 heteroatoms.